The first-order chi connectivity index (χ1) is 16.6. The van der Waals surface area contributed by atoms with Crippen molar-refractivity contribution in [2.24, 2.45) is 5.11 Å². The van der Waals surface area contributed by atoms with Crippen LogP contribution in [0.2, 0.25) is 0 Å². The maximum absolute atomic E-state index is 4.77. The molecule has 0 spiro atoms. The van der Waals surface area contributed by atoms with Crippen molar-refractivity contribution >= 4 is 34.4 Å². The lowest BCUT2D eigenvalue weighted by atomic mass is 9.96. The number of hydrogen-bond acceptors (Lipinski definition) is 7. The Hall–Kier alpha value is -3.65. The molecule has 0 aliphatic carbocycles. The van der Waals surface area contributed by atoms with Gasteiger partial charge in [0.25, 0.3) is 5.69 Å². The molecule has 35 heavy (non-hydrogen) atoms. The minimum atomic E-state index is 0. The molecule has 2 aliphatic heterocycles. The van der Waals surface area contributed by atoms with E-state index in [1.165, 1.54) is 5.69 Å². The molecule has 182 valence electrons. The number of rotatable bonds is 6. The van der Waals surface area contributed by atoms with Crippen molar-refractivity contribution in [1.29, 1.82) is 0 Å². The molecule has 0 saturated carbocycles. The van der Waals surface area contributed by atoms with Gasteiger partial charge >= 0.3 is 0 Å². The Kier molecular flexibility index (Phi) is 7.21. The molecule has 0 amide bonds. The largest absolute Gasteiger partial charge is 0.354 e. The summed E-state index contributed by atoms with van der Waals surface area (Å²) in [4.78, 5) is 18.6. The fourth-order valence-electron chi connectivity index (χ4n) is 4.47. The Balaban J connectivity index is 0.00000289. The minimum Gasteiger partial charge on any atom is -0.354 e. The normalized spacial score (nSPS) is 15.6. The molecule has 1 fully saturated rings. The highest BCUT2D eigenvalue weighted by Crippen LogP contribution is 2.40. The zero-order valence-electron chi connectivity index (χ0n) is 20.3. The van der Waals surface area contributed by atoms with Crippen molar-refractivity contribution in [3.05, 3.63) is 65.6 Å². The number of pyridine rings is 1. The number of hydrogen-bond donors (Lipinski definition) is 1. The van der Waals surface area contributed by atoms with Gasteiger partial charge in [-0.2, -0.15) is 0 Å². The van der Waals surface area contributed by atoms with Gasteiger partial charge in [-0.15, -0.1) is 0 Å². The summed E-state index contributed by atoms with van der Waals surface area (Å²) in [5.41, 5.74) is 7.38. The van der Waals surface area contributed by atoms with Gasteiger partial charge in [0, 0.05) is 67.1 Å². The molecule has 2 aromatic heterocycles. The van der Waals surface area contributed by atoms with Crippen LogP contribution in [-0.2, 0) is 0 Å². The maximum Gasteiger partial charge on any atom is 0.264 e. The number of anilines is 3. The van der Waals surface area contributed by atoms with E-state index in [0.717, 1.165) is 72.3 Å². The van der Waals surface area contributed by atoms with E-state index in [0.29, 0.717) is 5.95 Å². The van der Waals surface area contributed by atoms with Crippen molar-refractivity contribution in [1.82, 2.24) is 19.9 Å². The van der Waals surface area contributed by atoms with Crippen LogP contribution >= 0.6 is 0 Å². The quantitative estimate of drug-likeness (QED) is 0.477. The zero-order chi connectivity index (χ0) is 23.7. The van der Waals surface area contributed by atoms with Gasteiger partial charge in [-0.1, -0.05) is 24.3 Å². The van der Waals surface area contributed by atoms with Crippen molar-refractivity contribution in [2.45, 2.75) is 28.2 Å². The van der Waals surface area contributed by atoms with E-state index in [-0.39, 0.29) is 7.43 Å². The molecule has 0 atom stereocenters. The second kappa shape index (κ2) is 10.3. The number of benzene rings is 1. The summed E-state index contributed by atoms with van der Waals surface area (Å²) in [7, 11) is 2.16. The van der Waals surface area contributed by atoms with E-state index < -0.39 is 0 Å². The number of aromatic nitrogens is 3. The molecule has 2 aliphatic rings. The highest BCUT2D eigenvalue weighted by molar-refractivity contribution is 5.83. The zero-order valence-corrected chi connectivity index (χ0v) is 20.3. The molecular weight excluding hydrogens is 436 g/mol. The smallest absolute Gasteiger partial charge is 0.264 e. The maximum atomic E-state index is 4.77. The predicted molar refractivity (Wildman–Crippen MR) is 142 cm³/mol. The third kappa shape index (κ3) is 4.93. The standard InChI is InChI=1S/C26H31N8.CH4/c1-5-21(19-7-8-23-24(15-19)34(6-2)31-23)22-17-28-26(29-18(22)3)30-20-9-10-27-25(16-20)33-13-11-32(4)12-14-33;/h5,7-10,15-17H,6,11-14H2,1-4H3,(H,27,28,29,30);1H4/q+1;/b21-5-;. The summed E-state index contributed by atoms with van der Waals surface area (Å²) in [5, 5.41) is 7.84. The third-order valence-corrected chi connectivity index (χ3v) is 6.48. The Bertz CT molecular complexity index is 1270. The van der Waals surface area contributed by atoms with E-state index in [1.54, 1.807) is 0 Å². The summed E-state index contributed by atoms with van der Waals surface area (Å²) in [6.07, 6.45) is 5.87. The predicted octanol–water partition coefficient (Wildman–Crippen LogP) is 5.52. The van der Waals surface area contributed by atoms with Gasteiger partial charge in [-0.25, -0.2) is 15.0 Å². The van der Waals surface area contributed by atoms with Gasteiger partial charge in [0.15, 0.2) is 6.54 Å². The number of aryl methyl sites for hydroxylation is 1. The average molecular weight is 472 g/mol. The van der Waals surface area contributed by atoms with Crippen molar-refractivity contribution in [3.8, 4) is 0 Å². The van der Waals surface area contributed by atoms with Gasteiger partial charge in [-0.3, -0.25) is 0 Å². The summed E-state index contributed by atoms with van der Waals surface area (Å²) < 4.78 is 2.02. The molecule has 1 saturated heterocycles. The van der Waals surface area contributed by atoms with Gasteiger partial charge in [0.05, 0.1) is 5.69 Å². The van der Waals surface area contributed by atoms with Gasteiger partial charge < -0.3 is 15.1 Å². The fourth-order valence-corrected chi connectivity index (χ4v) is 4.47. The summed E-state index contributed by atoms with van der Waals surface area (Å²) in [5.74, 6) is 1.57. The van der Waals surface area contributed by atoms with Crippen LogP contribution in [-0.4, -0.2) is 64.3 Å². The molecule has 8 heteroatoms. The Morgan fingerprint density at radius 1 is 1.11 bits per heavy atom. The van der Waals surface area contributed by atoms with Crippen LogP contribution in [0.1, 0.15) is 38.1 Å². The molecule has 0 radical (unpaired) electrons. The topological polar surface area (TPSA) is 72.6 Å². The van der Waals surface area contributed by atoms with E-state index >= 15 is 0 Å². The number of piperazine rings is 1. The molecule has 0 unspecified atom stereocenters. The number of allylic oxidation sites excluding steroid dienone is 1. The molecule has 1 N–H and O–H groups in total. The number of nitrogens with one attached hydrogen (secondary N) is 1. The van der Waals surface area contributed by atoms with Gasteiger partial charge in [0.1, 0.15) is 5.82 Å². The van der Waals surface area contributed by atoms with E-state index in [4.69, 9.17) is 4.98 Å². The monoisotopic (exact) mass is 471 g/mol. The SMILES string of the molecule is C.C/C=C(/c1ccc2c(c1)[N+](CC)=N2)c1cnc(Nc2ccnc(N3CCN(C)CC3)c2)nc1C. The number of likely N-dealkylation sites (N-methyl/N-ethyl adjacent to an activating group) is 1. The van der Waals surface area contributed by atoms with Crippen molar-refractivity contribution in [3.63, 3.8) is 0 Å². The molecular formula is C27H35N8+. The lowest BCUT2D eigenvalue weighted by molar-refractivity contribution is -0.521. The minimum absolute atomic E-state index is 0. The van der Waals surface area contributed by atoms with E-state index in [2.05, 4.69) is 81.4 Å². The van der Waals surface area contributed by atoms with Crippen LogP contribution in [0, 0.1) is 6.92 Å². The lowest BCUT2D eigenvalue weighted by Crippen LogP contribution is -2.44. The number of azo groups is 2. The first-order valence-corrected chi connectivity index (χ1v) is 11.9. The van der Waals surface area contributed by atoms with E-state index in [9.17, 15) is 0 Å². The number of fused-ring (bicyclic) bond motifs is 1. The van der Waals surface area contributed by atoms with Crippen molar-refractivity contribution in [2.75, 3.05) is 50.0 Å². The van der Waals surface area contributed by atoms with Crippen LogP contribution in [0.15, 0.2) is 53.9 Å². The highest BCUT2D eigenvalue weighted by atomic mass is 15.3. The molecule has 1 aromatic carbocycles. The van der Waals surface area contributed by atoms with Crippen LogP contribution < -0.4 is 10.2 Å². The van der Waals surface area contributed by atoms with Crippen LogP contribution in [0.25, 0.3) is 5.57 Å². The number of nitrogens with zero attached hydrogens (tertiary/aromatic N) is 7. The Morgan fingerprint density at radius 3 is 2.63 bits per heavy atom. The van der Waals surface area contributed by atoms with Gasteiger partial charge in [-0.05, 0) is 51.1 Å². The Labute approximate surface area is 208 Å². The van der Waals surface area contributed by atoms with Crippen LogP contribution in [0.3, 0.4) is 0 Å². The first kappa shape index (κ1) is 24.5. The third-order valence-electron chi connectivity index (χ3n) is 6.48. The summed E-state index contributed by atoms with van der Waals surface area (Å²) in [6.45, 7) is 11.1. The molecule has 4 heterocycles. The second-order valence-corrected chi connectivity index (χ2v) is 8.73. The molecule has 8 nitrogen and oxygen atoms in total. The molecule has 3 aromatic rings. The highest BCUT2D eigenvalue weighted by Gasteiger charge is 2.27. The van der Waals surface area contributed by atoms with Crippen LogP contribution in [0.5, 0.6) is 0 Å². The lowest BCUT2D eigenvalue weighted by Gasteiger charge is -2.33. The molecule has 5 rings (SSSR count). The first-order valence-electron chi connectivity index (χ1n) is 11.9. The van der Waals surface area contributed by atoms with E-state index in [1.807, 2.05) is 30.1 Å². The average Bonchev–Trinajstić information content (AvgIpc) is 2.83. The second-order valence-electron chi connectivity index (χ2n) is 8.73. The van der Waals surface area contributed by atoms with Gasteiger partial charge in [0.2, 0.25) is 11.6 Å². The Morgan fingerprint density at radius 2 is 1.91 bits per heavy atom. The summed E-state index contributed by atoms with van der Waals surface area (Å²) >= 11 is 0. The van der Waals surface area contributed by atoms with Crippen LogP contribution in [0.4, 0.5) is 28.8 Å². The summed E-state index contributed by atoms with van der Waals surface area (Å²) in [6, 6.07) is 10.4. The fraction of sp³-hybridized carbons (Fsp3) is 0.370. The molecule has 0 bridgehead atoms. The van der Waals surface area contributed by atoms with Crippen molar-refractivity contribution < 1.29 is 4.70 Å².